The van der Waals surface area contributed by atoms with Crippen LogP contribution < -0.4 is 5.32 Å². The number of benzene rings is 1. The zero-order valence-corrected chi connectivity index (χ0v) is 21.6. The van der Waals surface area contributed by atoms with Crippen molar-refractivity contribution in [3.8, 4) is 0 Å². The molecule has 4 fully saturated rings. The van der Waals surface area contributed by atoms with Crippen LogP contribution in [0.1, 0.15) is 70.8 Å². The summed E-state index contributed by atoms with van der Waals surface area (Å²) in [6, 6.07) is 9.10. The molecule has 2 aromatic rings. The Bertz CT molecular complexity index is 1130. The molecule has 3 aliphatic carbocycles. The minimum absolute atomic E-state index is 0.181. The van der Waals surface area contributed by atoms with E-state index in [9.17, 15) is 9.59 Å². The third kappa shape index (κ3) is 3.29. The Morgan fingerprint density at radius 3 is 2.71 bits per heavy atom. The highest BCUT2D eigenvalue weighted by Gasteiger charge is 2.61. The molecule has 1 unspecified atom stereocenters. The summed E-state index contributed by atoms with van der Waals surface area (Å²) in [7, 11) is 2.04. The average molecular weight is 479 g/mol. The molecule has 1 saturated heterocycles. The molecule has 6 rings (SSSR count). The van der Waals surface area contributed by atoms with Crippen LogP contribution in [0.4, 0.5) is 0 Å². The van der Waals surface area contributed by atoms with E-state index in [1.807, 2.05) is 7.05 Å². The molecule has 182 valence electrons. The Balaban J connectivity index is 1.17. The molecule has 0 radical (unpaired) electrons. The number of hydrogen-bond acceptors (Lipinski definition) is 3. The quantitative estimate of drug-likeness (QED) is 0.607. The van der Waals surface area contributed by atoms with Crippen molar-refractivity contribution in [3.63, 3.8) is 0 Å². The van der Waals surface area contributed by atoms with E-state index in [1.54, 1.807) is 11.3 Å². The molecule has 2 amide bonds. The first kappa shape index (κ1) is 22.6. The minimum atomic E-state index is 0.181. The number of fused-ring (bicyclic) bond motifs is 6. The lowest BCUT2D eigenvalue weighted by Crippen LogP contribution is -2.62. The Morgan fingerprint density at radius 1 is 1.06 bits per heavy atom. The Labute approximate surface area is 207 Å². The third-order valence-corrected chi connectivity index (χ3v) is 11.8. The van der Waals surface area contributed by atoms with E-state index in [0.717, 1.165) is 30.7 Å². The zero-order valence-electron chi connectivity index (χ0n) is 20.8. The van der Waals surface area contributed by atoms with Crippen molar-refractivity contribution in [2.24, 2.45) is 28.6 Å². The average Bonchev–Trinajstić information content (AvgIpc) is 3.37. The molecule has 7 atom stereocenters. The largest absolute Gasteiger partial charge is 0.353 e. The molecule has 0 spiro atoms. The number of rotatable bonds is 3. The highest BCUT2D eigenvalue weighted by Crippen LogP contribution is 2.64. The topological polar surface area (TPSA) is 49.4 Å². The van der Waals surface area contributed by atoms with Crippen molar-refractivity contribution in [2.75, 3.05) is 7.05 Å². The van der Waals surface area contributed by atoms with E-state index < -0.39 is 0 Å². The number of nitrogens with zero attached hydrogens (tertiary/aromatic N) is 1. The summed E-state index contributed by atoms with van der Waals surface area (Å²) in [6.07, 6.45) is 9.43. The van der Waals surface area contributed by atoms with Crippen LogP contribution in [0.15, 0.2) is 29.6 Å². The Kier molecular flexibility index (Phi) is 5.36. The lowest BCUT2D eigenvalue weighted by atomic mass is 9.47. The van der Waals surface area contributed by atoms with E-state index in [0.29, 0.717) is 36.6 Å². The van der Waals surface area contributed by atoms with Gasteiger partial charge in [-0.1, -0.05) is 32.0 Å². The van der Waals surface area contributed by atoms with E-state index >= 15 is 0 Å². The summed E-state index contributed by atoms with van der Waals surface area (Å²) in [5, 5.41) is 6.88. The molecule has 1 aromatic heterocycles. The molecular weight excluding hydrogens is 440 g/mol. The second kappa shape index (κ2) is 8.08. The molecule has 5 heteroatoms. The SMILES string of the molecule is CN1C(=O)CC[C@]2(C)[C@H]3CC[C@]4(C)C(NC(=O)Cc5csc6ccccc56)CC[C@H]4[C@@H]3CC[C@@H]12. The van der Waals surface area contributed by atoms with Gasteiger partial charge in [0.1, 0.15) is 0 Å². The number of carbonyl (C=O) groups is 2. The summed E-state index contributed by atoms with van der Waals surface area (Å²) < 4.78 is 1.26. The van der Waals surface area contributed by atoms with Crippen LogP contribution in [0.25, 0.3) is 10.1 Å². The number of amides is 2. The van der Waals surface area contributed by atoms with Crippen LogP contribution in [0, 0.1) is 28.6 Å². The number of piperidine rings is 1. The maximum absolute atomic E-state index is 13.2. The first-order chi connectivity index (χ1) is 16.3. The van der Waals surface area contributed by atoms with Gasteiger partial charge in [0.05, 0.1) is 6.42 Å². The highest BCUT2D eigenvalue weighted by atomic mass is 32.1. The van der Waals surface area contributed by atoms with Gasteiger partial charge < -0.3 is 10.2 Å². The fourth-order valence-electron chi connectivity index (χ4n) is 8.98. The van der Waals surface area contributed by atoms with Gasteiger partial charge in [0.25, 0.3) is 0 Å². The van der Waals surface area contributed by atoms with Gasteiger partial charge >= 0.3 is 0 Å². The number of likely N-dealkylation sites (tertiary alicyclic amines) is 1. The number of nitrogens with one attached hydrogen (secondary N) is 1. The number of hydrogen-bond donors (Lipinski definition) is 1. The lowest BCUT2D eigenvalue weighted by molar-refractivity contribution is -0.157. The van der Waals surface area contributed by atoms with Gasteiger partial charge in [-0.25, -0.2) is 0 Å². The molecule has 4 aliphatic rings. The number of thiophene rings is 1. The molecule has 1 N–H and O–H groups in total. The van der Waals surface area contributed by atoms with Crippen LogP contribution >= 0.6 is 11.3 Å². The van der Waals surface area contributed by atoms with Crippen molar-refractivity contribution >= 4 is 33.2 Å². The molecule has 1 aromatic carbocycles. The molecule has 4 nitrogen and oxygen atoms in total. The first-order valence-corrected chi connectivity index (χ1v) is 14.2. The molecule has 0 bridgehead atoms. The first-order valence-electron chi connectivity index (χ1n) is 13.3. The van der Waals surface area contributed by atoms with Gasteiger partial charge in [-0.3, -0.25) is 9.59 Å². The lowest BCUT2D eigenvalue weighted by Gasteiger charge is -2.61. The summed E-state index contributed by atoms with van der Waals surface area (Å²) in [6.45, 7) is 4.95. The van der Waals surface area contributed by atoms with Crippen LogP contribution in [0.2, 0.25) is 0 Å². The van der Waals surface area contributed by atoms with Crippen molar-refractivity contribution in [1.29, 1.82) is 0 Å². The predicted molar refractivity (Wildman–Crippen MR) is 138 cm³/mol. The van der Waals surface area contributed by atoms with Crippen LogP contribution in [-0.2, 0) is 16.0 Å². The Hall–Kier alpha value is -1.88. The minimum Gasteiger partial charge on any atom is -0.353 e. The molecule has 1 aliphatic heterocycles. The van der Waals surface area contributed by atoms with Crippen molar-refractivity contribution in [3.05, 3.63) is 35.2 Å². The smallest absolute Gasteiger partial charge is 0.224 e. The van der Waals surface area contributed by atoms with Crippen molar-refractivity contribution in [2.45, 2.75) is 83.7 Å². The highest BCUT2D eigenvalue weighted by molar-refractivity contribution is 7.17. The van der Waals surface area contributed by atoms with Gasteiger partial charge in [0.2, 0.25) is 11.8 Å². The molecule has 34 heavy (non-hydrogen) atoms. The molecule has 3 saturated carbocycles. The maximum Gasteiger partial charge on any atom is 0.224 e. The predicted octanol–water partition coefficient (Wildman–Crippen LogP) is 5.79. The summed E-state index contributed by atoms with van der Waals surface area (Å²) >= 11 is 1.73. The van der Waals surface area contributed by atoms with Gasteiger partial charge in [-0.2, -0.15) is 0 Å². The maximum atomic E-state index is 13.2. The second-order valence-corrected chi connectivity index (χ2v) is 13.1. The number of carbonyl (C=O) groups excluding carboxylic acids is 2. The van der Waals surface area contributed by atoms with Crippen LogP contribution in [0.5, 0.6) is 0 Å². The molecule has 2 heterocycles. The van der Waals surface area contributed by atoms with Gasteiger partial charge in [-0.15, -0.1) is 11.3 Å². The van der Waals surface area contributed by atoms with Crippen LogP contribution in [-0.4, -0.2) is 35.8 Å². The standard InChI is InChI=1S/C29H38N2O2S/c1-28-14-12-22-20(8-11-25-29(22,2)15-13-27(33)31(25)3)21(28)9-10-24(28)30-26(32)16-18-17-34-23-7-5-4-6-19(18)23/h4-7,17,20-22,24-25H,8-16H2,1-3H3,(H,30,32)/t20-,21-,22-,24?,25+,28-,29+/m0/s1. The summed E-state index contributed by atoms with van der Waals surface area (Å²) in [4.78, 5) is 27.7. The monoisotopic (exact) mass is 478 g/mol. The normalized spacial score (nSPS) is 39.4. The van der Waals surface area contributed by atoms with E-state index in [4.69, 9.17) is 0 Å². The Morgan fingerprint density at radius 2 is 1.85 bits per heavy atom. The fourth-order valence-corrected chi connectivity index (χ4v) is 9.94. The zero-order chi connectivity index (χ0) is 23.7. The molecular formula is C29H38N2O2S. The van der Waals surface area contributed by atoms with Crippen molar-refractivity contribution < 1.29 is 9.59 Å². The third-order valence-electron chi connectivity index (χ3n) is 10.8. The van der Waals surface area contributed by atoms with E-state index in [2.05, 4.69) is 53.7 Å². The fraction of sp³-hybridized carbons (Fsp3) is 0.655. The van der Waals surface area contributed by atoms with Gasteiger partial charge in [0, 0.05) is 30.3 Å². The van der Waals surface area contributed by atoms with Crippen molar-refractivity contribution in [1.82, 2.24) is 10.2 Å². The van der Waals surface area contributed by atoms with Crippen LogP contribution in [0.3, 0.4) is 0 Å². The van der Waals surface area contributed by atoms with Gasteiger partial charge in [-0.05, 0) is 95.9 Å². The van der Waals surface area contributed by atoms with E-state index in [1.165, 1.54) is 35.8 Å². The second-order valence-electron chi connectivity index (χ2n) is 12.2. The summed E-state index contributed by atoms with van der Waals surface area (Å²) in [5.41, 5.74) is 1.62. The van der Waals surface area contributed by atoms with Gasteiger partial charge in [0.15, 0.2) is 0 Å². The summed E-state index contributed by atoms with van der Waals surface area (Å²) in [5.74, 6) is 2.67. The van der Waals surface area contributed by atoms with E-state index in [-0.39, 0.29) is 22.8 Å².